The molecule has 0 amide bonds. The van der Waals surface area contributed by atoms with Crippen LogP contribution in [0.5, 0.6) is 5.75 Å². The summed E-state index contributed by atoms with van der Waals surface area (Å²) in [7, 11) is 1.75. The molecule has 0 fully saturated rings. The molecule has 1 aliphatic rings. The second-order valence-corrected chi connectivity index (χ2v) is 7.58. The number of aromatic nitrogens is 3. The van der Waals surface area contributed by atoms with Gasteiger partial charge < -0.3 is 19.9 Å². The van der Waals surface area contributed by atoms with Crippen molar-refractivity contribution in [1.82, 2.24) is 25.4 Å². The van der Waals surface area contributed by atoms with Crippen LogP contribution in [0.3, 0.4) is 0 Å². The van der Waals surface area contributed by atoms with E-state index in [1.54, 1.807) is 19.2 Å². The van der Waals surface area contributed by atoms with E-state index in [1.807, 2.05) is 6.92 Å². The summed E-state index contributed by atoms with van der Waals surface area (Å²) >= 11 is 0. The van der Waals surface area contributed by atoms with Crippen molar-refractivity contribution >= 4 is 5.96 Å². The second kappa shape index (κ2) is 11.5. The SMILES string of the molecule is CCC(CNC(=NC)NCCCc1nnc2n1CCCCC2)Oc1cccc(F)c1. The van der Waals surface area contributed by atoms with E-state index in [0.29, 0.717) is 12.3 Å². The average molecular weight is 417 g/mol. The van der Waals surface area contributed by atoms with Gasteiger partial charge in [-0.3, -0.25) is 4.99 Å². The van der Waals surface area contributed by atoms with Crippen molar-refractivity contribution in [3.8, 4) is 5.75 Å². The maximum absolute atomic E-state index is 13.3. The molecule has 2 aromatic rings. The Morgan fingerprint density at radius 2 is 2.17 bits per heavy atom. The Labute approximate surface area is 178 Å². The molecule has 0 spiro atoms. The number of aryl methyl sites for hydroxylation is 2. The number of benzene rings is 1. The van der Waals surface area contributed by atoms with Gasteiger partial charge >= 0.3 is 0 Å². The summed E-state index contributed by atoms with van der Waals surface area (Å²) in [6.45, 7) is 4.47. The Bertz CT molecular complexity index is 822. The van der Waals surface area contributed by atoms with Crippen molar-refractivity contribution in [2.24, 2.45) is 4.99 Å². The third-order valence-electron chi connectivity index (χ3n) is 5.33. The van der Waals surface area contributed by atoms with Crippen LogP contribution in [0.1, 0.15) is 50.7 Å². The van der Waals surface area contributed by atoms with Gasteiger partial charge in [-0.2, -0.15) is 0 Å². The van der Waals surface area contributed by atoms with Crippen LogP contribution >= 0.6 is 0 Å². The molecule has 0 bridgehead atoms. The lowest BCUT2D eigenvalue weighted by atomic mass is 10.2. The van der Waals surface area contributed by atoms with E-state index in [4.69, 9.17) is 4.74 Å². The highest BCUT2D eigenvalue weighted by atomic mass is 19.1. The molecule has 164 valence electrons. The van der Waals surface area contributed by atoms with Crippen LogP contribution in [0.4, 0.5) is 4.39 Å². The molecule has 0 radical (unpaired) electrons. The molecule has 30 heavy (non-hydrogen) atoms. The van der Waals surface area contributed by atoms with Crippen molar-refractivity contribution in [2.75, 3.05) is 20.1 Å². The van der Waals surface area contributed by atoms with Gasteiger partial charge in [0.25, 0.3) is 0 Å². The molecule has 2 N–H and O–H groups in total. The molecule has 1 atom stereocenters. The van der Waals surface area contributed by atoms with Crippen LogP contribution in [0, 0.1) is 5.82 Å². The Morgan fingerprint density at radius 3 is 2.97 bits per heavy atom. The summed E-state index contributed by atoms with van der Waals surface area (Å²) in [5, 5.41) is 15.4. The minimum Gasteiger partial charge on any atom is -0.489 e. The van der Waals surface area contributed by atoms with Gasteiger partial charge in [-0.15, -0.1) is 10.2 Å². The van der Waals surface area contributed by atoms with Crippen molar-refractivity contribution in [3.05, 3.63) is 41.7 Å². The fourth-order valence-corrected chi connectivity index (χ4v) is 3.62. The van der Waals surface area contributed by atoms with Crippen LogP contribution in [-0.2, 0) is 19.4 Å². The van der Waals surface area contributed by atoms with Crippen LogP contribution in [0.2, 0.25) is 0 Å². The van der Waals surface area contributed by atoms with Crippen LogP contribution in [0.15, 0.2) is 29.3 Å². The van der Waals surface area contributed by atoms with E-state index in [1.165, 1.54) is 31.4 Å². The largest absolute Gasteiger partial charge is 0.489 e. The Hall–Kier alpha value is -2.64. The zero-order chi connectivity index (χ0) is 21.2. The minimum atomic E-state index is -0.294. The van der Waals surface area contributed by atoms with E-state index in [-0.39, 0.29) is 11.9 Å². The lowest BCUT2D eigenvalue weighted by Crippen LogP contribution is -2.42. The van der Waals surface area contributed by atoms with Crippen LogP contribution < -0.4 is 15.4 Å². The molecule has 1 aromatic carbocycles. The maximum atomic E-state index is 13.3. The normalized spacial score (nSPS) is 15.2. The monoisotopic (exact) mass is 416 g/mol. The number of rotatable bonds is 9. The van der Waals surface area contributed by atoms with Crippen molar-refractivity contribution in [3.63, 3.8) is 0 Å². The molecule has 0 aliphatic carbocycles. The molecule has 1 aliphatic heterocycles. The highest BCUT2D eigenvalue weighted by Crippen LogP contribution is 2.16. The van der Waals surface area contributed by atoms with Crippen molar-refractivity contribution < 1.29 is 9.13 Å². The van der Waals surface area contributed by atoms with Gasteiger partial charge in [-0.25, -0.2) is 4.39 Å². The van der Waals surface area contributed by atoms with E-state index >= 15 is 0 Å². The minimum absolute atomic E-state index is 0.0724. The van der Waals surface area contributed by atoms with E-state index in [0.717, 1.165) is 56.4 Å². The zero-order valence-corrected chi connectivity index (χ0v) is 18.0. The van der Waals surface area contributed by atoms with Gasteiger partial charge in [0.05, 0.1) is 6.54 Å². The topological polar surface area (TPSA) is 76.4 Å². The summed E-state index contributed by atoms with van der Waals surface area (Å²) < 4.78 is 21.5. The summed E-state index contributed by atoms with van der Waals surface area (Å²) in [5.41, 5.74) is 0. The summed E-state index contributed by atoms with van der Waals surface area (Å²) in [6, 6.07) is 6.24. The third-order valence-corrected chi connectivity index (χ3v) is 5.33. The lowest BCUT2D eigenvalue weighted by molar-refractivity contribution is 0.199. The lowest BCUT2D eigenvalue weighted by Gasteiger charge is -2.20. The number of guanidine groups is 1. The summed E-state index contributed by atoms with van der Waals surface area (Å²) in [4.78, 5) is 4.28. The first kappa shape index (κ1) is 22.1. The molecule has 8 heteroatoms. The van der Waals surface area contributed by atoms with Crippen LogP contribution in [0.25, 0.3) is 0 Å². The second-order valence-electron chi connectivity index (χ2n) is 7.58. The Morgan fingerprint density at radius 1 is 1.27 bits per heavy atom. The van der Waals surface area contributed by atoms with Crippen molar-refractivity contribution in [1.29, 1.82) is 0 Å². The highest BCUT2D eigenvalue weighted by Gasteiger charge is 2.14. The molecular formula is C22H33FN6O. The van der Waals surface area contributed by atoms with Gasteiger partial charge in [-0.1, -0.05) is 19.4 Å². The molecule has 0 saturated carbocycles. The maximum Gasteiger partial charge on any atom is 0.191 e. The summed E-state index contributed by atoms with van der Waals surface area (Å²) in [5.74, 6) is 3.20. The quantitative estimate of drug-likeness (QED) is 0.373. The predicted octanol–water partition coefficient (Wildman–Crippen LogP) is 3.10. The highest BCUT2D eigenvalue weighted by molar-refractivity contribution is 5.79. The van der Waals surface area contributed by atoms with Gasteiger partial charge in [0.2, 0.25) is 0 Å². The van der Waals surface area contributed by atoms with Crippen molar-refractivity contribution in [2.45, 2.75) is 64.5 Å². The molecule has 1 aromatic heterocycles. The number of nitrogens with zero attached hydrogens (tertiary/aromatic N) is 4. The first-order valence-electron chi connectivity index (χ1n) is 11.0. The Kier molecular flexibility index (Phi) is 8.47. The summed E-state index contributed by atoms with van der Waals surface area (Å²) in [6.07, 6.45) is 7.32. The smallest absolute Gasteiger partial charge is 0.191 e. The number of hydrogen-bond acceptors (Lipinski definition) is 4. The third kappa shape index (κ3) is 6.43. The number of nitrogens with one attached hydrogen (secondary N) is 2. The molecule has 0 saturated heterocycles. The number of hydrogen-bond donors (Lipinski definition) is 2. The van der Waals surface area contributed by atoms with E-state index in [9.17, 15) is 4.39 Å². The van der Waals surface area contributed by atoms with Gasteiger partial charge in [0.1, 0.15) is 29.3 Å². The predicted molar refractivity (Wildman–Crippen MR) is 116 cm³/mol. The molecule has 3 rings (SSSR count). The molecular weight excluding hydrogens is 383 g/mol. The van der Waals surface area contributed by atoms with Gasteiger partial charge in [-0.05, 0) is 37.8 Å². The zero-order valence-electron chi connectivity index (χ0n) is 18.0. The first-order chi connectivity index (χ1) is 14.7. The average Bonchev–Trinajstić information content (AvgIpc) is 2.98. The number of fused-ring (bicyclic) bond motifs is 1. The Balaban J connectivity index is 1.40. The fraction of sp³-hybridized carbons (Fsp3) is 0.591. The molecule has 7 nitrogen and oxygen atoms in total. The van der Waals surface area contributed by atoms with Gasteiger partial charge in [0.15, 0.2) is 5.96 Å². The van der Waals surface area contributed by atoms with Gasteiger partial charge in [0, 0.05) is 39.0 Å². The molecule has 1 unspecified atom stereocenters. The van der Waals surface area contributed by atoms with Crippen LogP contribution in [-0.4, -0.2) is 47.0 Å². The molecule has 2 heterocycles. The number of ether oxygens (including phenoxy) is 1. The van der Waals surface area contributed by atoms with E-state index in [2.05, 4.69) is 30.4 Å². The number of aliphatic imine (C=N–C) groups is 1. The first-order valence-corrected chi connectivity index (χ1v) is 11.0. The van der Waals surface area contributed by atoms with E-state index < -0.39 is 0 Å². The fourth-order valence-electron chi connectivity index (χ4n) is 3.62. The number of halogens is 1. The standard InChI is InChI=1S/C22H33FN6O/c1-3-18(30-19-10-7-9-17(23)15-19)16-26-22(24-2)25-13-8-12-21-28-27-20-11-5-4-6-14-29(20)21/h7,9-10,15,18H,3-6,8,11-14,16H2,1-2H3,(H2,24,25,26).